The lowest BCUT2D eigenvalue weighted by atomic mass is 10.1. The van der Waals surface area contributed by atoms with Crippen molar-refractivity contribution >= 4 is 0 Å². The van der Waals surface area contributed by atoms with E-state index in [2.05, 4.69) is 43.1 Å². The minimum absolute atomic E-state index is 0.138. The predicted molar refractivity (Wildman–Crippen MR) is 87.9 cm³/mol. The molecule has 1 aromatic rings. The Hall–Kier alpha value is -1.10. The zero-order chi connectivity index (χ0) is 15.7. The van der Waals surface area contributed by atoms with Gasteiger partial charge in [0, 0.05) is 18.6 Å². The van der Waals surface area contributed by atoms with Gasteiger partial charge in [-0.3, -0.25) is 0 Å². The SMILES string of the molecule is CN(C)CCOCCOc1ccc(CNC(C)(C)C)cc1. The Morgan fingerprint density at radius 3 is 2.24 bits per heavy atom. The van der Waals surface area contributed by atoms with E-state index >= 15 is 0 Å². The fourth-order valence-corrected chi connectivity index (χ4v) is 1.64. The van der Waals surface area contributed by atoms with Crippen molar-refractivity contribution in [3.63, 3.8) is 0 Å². The first-order valence-electron chi connectivity index (χ1n) is 7.56. The molecule has 1 N–H and O–H groups in total. The Morgan fingerprint density at radius 1 is 1.00 bits per heavy atom. The molecular weight excluding hydrogens is 264 g/mol. The van der Waals surface area contributed by atoms with E-state index < -0.39 is 0 Å². The van der Waals surface area contributed by atoms with Crippen LogP contribution in [0.2, 0.25) is 0 Å². The molecule has 0 fully saturated rings. The number of nitrogens with one attached hydrogen (secondary N) is 1. The highest BCUT2D eigenvalue weighted by molar-refractivity contribution is 5.27. The summed E-state index contributed by atoms with van der Waals surface area (Å²) in [4.78, 5) is 2.10. The lowest BCUT2D eigenvalue weighted by Gasteiger charge is -2.20. The molecular formula is C17H30N2O2. The van der Waals surface area contributed by atoms with Crippen molar-refractivity contribution in [1.29, 1.82) is 0 Å². The van der Waals surface area contributed by atoms with Crippen LogP contribution in [-0.4, -0.2) is 50.9 Å². The molecule has 0 radical (unpaired) electrons. The Labute approximate surface area is 129 Å². The van der Waals surface area contributed by atoms with Gasteiger partial charge in [0.2, 0.25) is 0 Å². The van der Waals surface area contributed by atoms with Gasteiger partial charge in [0.1, 0.15) is 12.4 Å². The summed E-state index contributed by atoms with van der Waals surface area (Å²) in [5.74, 6) is 0.894. The van der Waals surface area contributed by atoms with Crippen molar-refractivity contribution in [1.82, 2.24) is 10.2 Å². The zero-order valence-electron chi connectivity index (χ0n) is 14.1. The summed E-state index contributed by atoms with van der Waals surface area (Å²) in [5.41, 5.74) is 1.40. The molecule has 1 rings (SSSR count). The van der Waals surface area contributed by atoms with E-state index in [-0.39, 0.29) is 5.54 Å². The molecule has 0 saturated heterocycles. The average Bonchev–Trinajstić information content (AvgIpc) is 2.40. The second-order valence-corrected chi connectivity index (χ2v) is 6.51. The minimum atomic E-state index is 0.138. The average molecular weight is 294 g/mol. The number of benzene rings is 1. The van der Waals surface area contributed by atoms with Crippen molar-refractivity contribution in [3.05, 3.63) is 29.8 Å². The van der Waals surface area contributed by atoms with Crippen LogP contribution in [0.3, 0.4) is 0 Å². The van der Waals surface area contributed by atoms with Gasteiger partial charge in [-0.05, 0) is 52.6 Å². The summed E-state index contributed by atoms with van der Waals surface area (Å²) in [6.07, 6.45) is 0. The third-order valence-electron chi connectivity index (χ3n) is 2.93. The van der Waals surface area contributed by atoms with Crippen molar-refractivity contribution < 1.29 is 9.47 Å². The van der Waals surface area contributed by atoms with Gasteiger partial charge in [0.05, 0.1) is 13.2 Å². The zero-order valence-corrected chi connectivity index (χ0v) is 14.1. The predicted octanol–water partition coefficient (Wildman–Crippen LogP) is 2.53. The maximum atomic E-state index is 5.65. The smallest absolute Gasteiger partial charge is 0.119 e. The first-order chi connectivity index (χ1) is 9.87. The fourth-order valence-electron chi connectivity index (χ4n) is 1.64. The van der Waals surface area contributed by atoms with Crippen molar-refractivity contribution in [2.45, 2.75) is 32.9 Å². The second-order valence-electron chi connectivity index (χ2n) is 6.51. The van der Waals surface area contributed by atoms with Gasteiger partial charge in [-0.15, -0.1) is 0 Å². The highest BCUT2D eigenvalue weighted by atomic mass is 16.5. The number of ether oxygens (including phenoxy) is 2. The highest BCUT2D eigenvalue weighted by Crippen LogP contribution is 2.13. The summed E-state index contributed by atoms with van der Waals surface area (Å²) in [6.45, 7) is 10.3. The van der Waals surface area contributed by atoms with E-state index in [9.17, 15) is 0 Å². The molecule has 4 heteroatoms. The van der Waals surface area contributed by atoms with Gasteiger partial charge in [-0.25, -0.2) is 0 Å². The topological polar surface area (TPSA) is 33.7 Å². The van der Waals surface area contributed by atoms with Gasteiger partial charge in [0.25, 0.3) is 0 Å². The fraction of sp³-hybridized carbons (Fsp3) is 0.647. The summed E-state index contributed by atoms with van der Waals surface area (Å²) in [5, 5.41) is 3.47. The van der Waals surface area contributed by atoms with Crippen LogP contribution in [0.4, 0.5) is 0 Å². The first-order valence-corrected chi connectivity index (χ1v) is 7.56. The van der Waals surface area contributed by atoms with Gasteiger partial charge < -0.3 is 19.7 Å². The number of rotatable bonds is 9. The standard InChI is InChI=1S/C17H30N2O2/c1-17(2,3)18-14-15-6-8-16(9-7-15)21-13-12-20-11-10-19(4)5/h6-9,18H,10-14H2,1-5H3. The van der Waals surface area contributed by atoms with Crippen LogP contribution < -0.4 is 10.1 Å². The molecule has 0 bridgehead atoms. The number of hydrogen-bond donors (Lipinski definition) is 1. The third kappa shape index (κ3) is 9.45. The molecule has 0 aromatic heterocycles. The lowest BCUT2D eigenvalue weighted by Crippen LogP contribution is -2.35. The molecule has 0 atom stereocenters. The van der Waals surface area contributed by atoms with E-state index in [1.807, 2.05) is 26.2 Å². The van der Waals surface area contributed by atoms with E-state index in [1.54, 1.807) is 0 Å². The van der Waals surface area contributed by atoms with Gasteiger partial charge >= 0.3 is 0 Å². The Balaban J connectivity index is 2.19. The molecule has 120 valence electrons. The van der Waals surface area contributed by atoms with E-state index in [4.69, 9.17) is 9.47 Å². The lowest BCUT2D eigenvalue weighted by molar-refractivity contribution is 0.0890. The van der Waals surface area contributed by atoms with Crippen LogP contribution in [-0.2, 0) is 11.3 Å². The summed E-state index contributed by atoms with van der Waals surface area (Å²) in [6, 6.07) is 8.22. The maximum Gasteiger partial charge on any atom is 0.119 e. The maximum absolute atomic E-state index is 5.65. The summed E-state index contributed by atoms with van der Waals surface area (Å²) >= 11 is 0. The number of nitrogens with zero attached hydrogens (tertiary/aromatic N) is 1. The van der Waals surface area contributed by atoms with E-state index in [0.29, 0.717) is 13.2 Å². The Bertz CT molecular complexity index is 383. The molecule has 0 amide bonds. The molecule has 0 heterocycles. The normalized spacial score (nSPS) is 11.9. The van der Waals surface area contributed by atoms with Gasteiger partial charge in [-0.1, -0.05) is 12.1 Å². The van der Waals surface area contributed by atoms with E-state index in [1.165, 1.54) is 5.56 Å². The molecule has 0 saturated carbocycles. The van der Waals surface area contributed by atoms with Crippen molar-refractivity contribution in [2.24, 2.45) is 0 Å². The monoisotopic (exact) mass is 294 g/mol. The quantitative estimate of drug-likeness (QED) is 0.710. The van der Waals surface area contributed by atoms with Gasteiger partial charge in [-0.2, -0.15) is 0 Å². The molecule has 0 spiro atoms. The molecule has 0 aliphatic heterocycles. The molecule has 0 aliphatic carbocycles. The second kappa shape index (κ2) is 9.03. The van der Waals surface area contributed by atoms with Crippen LogP contribution in [0.25, 0.3) is 0 Å². The summed E-state index contributed by atoms with van der Waals surface area (Å²) in [7, 11) is 4.08. The first kappa shape index (κ1) is 18.0. The Kier molecular flexibility index (Phi) is 7.72. The molecule has 21 heavy (non-hydrogen) atoms. The van der Waals surface area contributed by atoms with E-state index in [0.717, 1.165) is 25.4 Å². The number of likely N-dealkylation sites (N-methyl/N-ethyl adjacent to an activating group) is 1. The molecule has 0 aliphatic rings. The van der Waals surface area contributed by atoms with Crippen molar-refractivity contribution in [3.8, 4) is 5.75 Å². The van der Waals surface area contributed by atoms with Crippen LogP contribution in [0.15, 0.2) is 24.3 Å². The summed E-state index contributed by atoms with van der Waals surface area (Å²) < 4.78 is 11.1. The van der Waals surface area contributed by atoms with Gasteiger partial charge in [0.15, 0.2) is 0 Å². The van der Waals surface area contributed by atoms with Crippen molar-refractivity contribution in [2.75, 3.05) is 40.5 Å². The number of hydrogen-bond acceptors (Lipinski definition) is 4. The molecule has 1 aromatic carbocycles. The highest BCUT2D eigenvalue weighted by Gasteiger charge is 2.08. The third-order valence-corrected chi connectivity index (χ3v) is 2.93. The minimum Gasteiger partial charge on any atom is -0.491 e. The Morgan fingerprint density at radius 2 is 1.67 bits per heavy atom. The molecule has 0 unspecified atom stereocenters. The van der Waals surface area contributed by atoms with Crippen LogP contribution in [0, 0.1) is 0 Å². The molecule has 4 nitrogen and oxygen atoms in total. The van der Waals surface area contributed by atoms with Crippen LogP contribution >= 0.6 is 0 Å². The largest absolute Gasteiger partial charge is 0.491 e. The van der Waals surface area contributed by atoms with Crippen LogP contribution in [0.5, 0.6) is 5.75 Å². The van der Waals surface area contributed by atoms with Crippen LogP contribution in [0.1, 0.15) is 26.3 Å².